The molecule has 0 aromatic heterocycles. The summed E-state index contributed by atoms with van der Waals surface area (Å²) in [6.45, 7) is 5.44. The van der Waals surface area contributed by atoms with Crippen LogP contribution in [-0.4, -0.2) is 38.5 Å². The SMILES string of the molecule is Cc1cc(N)c(C)c(S(=O)(=O)NC2CCN(C3CC3)C2)c1. The molecule has 2 fully saturated rings. The molecular weight excluding hydrogens is 286 g/mol. The Bertz CT molecular complexity index is 653. The molecule has 1 aliphatic heterocycles. The van der Waals surface area contributed by atoms with Crippen molar-refractivity contribution in [1.29, 1.82) is 0 Å². The van der Waals surface area contributed by atoms with Crippen molar-refractivity contribution in [3.8, 4) is 0 Å². The first-order chi connectivity index (χ1) is 9.87. The van der Waals surface area contributed by atoms with Gasteiger partial charge in [0.05, 0.1) is 4.90 Å². The summed E-state index contributed by atoms with van der Waals surface area (Å²) >= 11 is 0. The number of nitrogens with one attached hydrogen (secondary N) is 1. The average Bonchev–Trinajstić information content (AvgIpc) is 3.15. The Balaban J connectivity index is 1.78. The lowest BCUT2D eigenvalue weighted by Crippen LogP contribution is -2.37. The van der Waals surface area contributed by atoms with Crippen molar-refractivity contribution in [2.24, 2.45) is 0 Å². The molecule has 116 valence electrons. The lowest BCUT2D eigenvalue weighted by atomic mass is 10.1. The van der Waals surface area contributed by atoms with Gasteiger partial charge in [-0.25, -0.2) is 13.1 Å². The molecule has 0 radical (unpaired) electrons. The minimum atomic E-state index is -3.50. The van der Waals surface area contributed by atoms with Gasteiger partial charge in [-0.1, -0.05) is 0 Å². The Hall–Kier alpha value is -1.11. The largest absolute Gasteiger partial charge is 0.398 e. The number of nitrogens with two attached hydrogens (primary N) is 1. The molecule has 1 unspecified atom stereocenters. The second-order valence-electron chi connectivity index (χ2n) is 6.31. The van der Waals surface area contributed by atoms with Crippen molar-refractivity contribution < 1.29 is 8.42 Å². The average molecular weight is 309 g/mol. The maximum Gasteiger partial charge on any atom is 0.241 e. The van der Waals surface area contributed by atoms with Gasteiger partial charge in [-0.2, -0.15) is 0 Å². The Morgan fingerprint density at radius 2 is 1.95 bits per heavy atom. The number of anilines is 1. The smallest absolute Gasteiger partial charge is 0.241 e. The zero-order chi connectivity index (χ0) is 15.2. The van der Waals surface area contributed by atoms with Crippen LogP contribution in [0.25, 0.3) is 0 Å². The zero-order valence-electron chi connectivity index (χ0n) is 12.6. The summed E-state index contributed by atoms with van der Waals surface area (Å²) in [6, 6.07) is 4.20. The third-order valence-corrected chi connectivity index (χ3v) is 6.09. The Kier molecular flexibility index (Phi) is 3.71. The molecule has 1 atom stereocenters. The molecule has 1 aromatic rings. The molecule has 5 nitrogen and oxygen atoms in total. The second kappa shape index (κ2) is 5.26. The normalized spacial score (nSPS) is 23.6. The Labute approximate surface area is 126 Å². The van der Waals surface area contributed by atoms with Crippen molar-refractivity contribution in [3.05, 3.63) is 23.3 Å². The first-order valence-electron chi connectivity index (χ1n) is 7.50. The predicted octanol–water partition coefficient (Wildman–Crippen LogP) is 1.40. The lowest BCUT2D eigenvalue weighted by molar-refractivity contribution is 0.322. The van der Waals surface area contributed by atoms with Crippen molar-refractivity contribution in [2.45, 2.75) is 50.1 Å². The van der Waals surface area contributed by atoms with Crippen molar-refractivity contribution in [1.82, 2.24) is 9.62 Å². The molecule has 1 heterocycles. The van der Waals surface area contributed by atoms with Gasteiger partial charge in [0.25, 0.3) is 0 Å². The third kappa shape index (κ3) is 3.07. The standard InChI is InChI=1S/C15H23N3O2S/c1-10-7-14(16)11(2)15(8-10)21(19,20)17-12-5-6-18(9-12)13-3-4-13/h7-8,12-13,17H,3-6,9,16H2,1-2H3. The van der Waals surface area contributed by atoms with Gasteiger partial charge in [-0.15, -0.1) is 0 Å². The maximum atomic E-state index is 12.6. The molecule has 1 saturated carbocycles. The van der Waals surface area contributed by atoms with E-state index in [1.165, 1.54) is 12.8 Å². The molecule has 0 bridgehead atoms. The minimum Gasteiger partial charge on any atom is -0.398 e. The number of nitrogens with zero attached hydrogens (tertiary/aromatic N) is 1. The van der Waals surface area contributed by atoms with Crippen LogP contribution in [0.5, 0.6) is 0 Å². The van der Waals surface area contributed by atoms with Gasteiger partial charge in [0, 0.05) is 30.9 Å². The number of rotatable bonds is 4. The van der Waals surface area contributed by atoms with Crippen LogP contribution in [0.2, 0.25) is 0 Å². The van der Waals surface area contributed by atoms with E-state index in [1.807, 2.05) is 6.92 Å². The fourth-order valence-corrected chi connectivity index (χ4v) is 4.69. The number of sulfonamides is 1. The number of nitrogen functional groups attached to an aromatic ring is 1. The fourth-order valence-electron chi connectivity index (χ4n) is 3.07. The van der Waals surface area contributed by atoms with Gasteiger partial charge in [0.15, 0.2) is 0 Å². The van der Waals surface area contributed by atoms with Gasteiger partial charge in [0.2, 0.25) is 10.0 Å². The van der Waals surface area contributed by atoms with E-state index in [1.54, 1.807) is 19.1 Å². The summed E-state index contributed by atoms with van der Waals surface area (Å²) in [5.74, 6) is 0. The van der Waals surface area contributed by atoms with Crippen LogP contribution < -0.4 is 10.5 Å². The summed E-state index contributed by atoms with van der Waals surface area (Å²) in [5.41, 5.74) is 7.92. The molecule has 3 N–H and O–H groups in total. The highest BCUT2D eigenvalue weighted by Gasteiger charge is 2.36. The molecule has 6 heteroatoms. The molecule has 3 rings (SSSR count). The lowest BCUT2D eigenvalue weighted by Gasteiger charge is -2.17. The van der Waals surface area contributed by atoms with Crippen LogP contribution in [0.3, 0.4) is 0 Å². The van der Waals surface area contributed by atoms with Gasteiger partial charge in [-0.05, 0) is 56.4 Å². The Morgan fingerprint density at radius 1 is 1.24 bits per heavy atom. The summed E-state index contributed by atoms with van der Waals surface area (Å²) in [4.78, 5) is 2.70. The van der Waals surface area contributed by atoms with Crippen LogP contribution in [0.15, 0.2) is 17.0 Å². The first-order valence-corrected chi connectivity index (χ1v) is 8.98. The molecule has 0 amide bonds. The van der Waals surface area contributed by atoms with E-state index in [0.717, 1.165) is 25.1 Å². The maximum absolute atomic E-state index is 12.6. The number of benzene rings is 1. The molecule has 1 aliphatic carbocycles. The summed E-state index contributed by atoms with van der Waals surface area (Å²) < 4.78 is 28.1. The van der Waals surface area contributed by atoms with Crippen LogP contribution in [0.4, 0.5) is 5.69 Å². The summed E-state index contributed by atoms with van der Waals surface area (Å²) in [5, 5.41) is 0. The van der Waals surface area contributed by atoms with Gasteiger partial charge >= 0.3 is 0 Å². The highest BCUT2D eigenvalue weighted by atomic mass is 32.2. The van der Waals surface area contributed by atoms with E-state index >= 15 is 0 Å². The van der Waals surface area contributed by atoms with Gasteiger partial charge in [-0.3, -0.25) is 4.90 Å². The Morgan fingerprint density at radius 3 is 2.62 bits per heavy atom. The highest BCUT2D eigenvalue weighted by molar-refractivity contribution is 7.89. The molecule has 1 aromatic carbocycles. The molecular formula is C15H23N3O2S. The highest BCUT2D eigenvalue weighted by Crippen LogP contribution is 2.30. The molecule has 21 heavy (non-hydrogen) atoms. The van der Waals surface area contributed by atoms with Crippen molar-refractivity contribution in [3.63, 3.8) is 0 Å². The molecule has 0 spiro atoms. The second-order valence-corrected chi connectivity index (χ2v) is 7.99. The topological polar surface area (TPSA) is 75.4 Å². The number of likely N-dealkylation sites (tertiary alicyclic amines) is 1. The van der Waals surface area contributed by atoms with Crippen LogP contribution >= 0.6 is 0 Å². The van der Waals surface area contributed by atoms with E-state index < -0.39 is 10.0 Å². The van der Waals surface area contributed by atoms with Gasteiger partial charge < -0.3 is 5.73 Å². The van der Waals surface area contributed by atoms with E-state index in [0.29, 0.717) is 22.2 Å². The summed E-state index contributed by atoms with van der Waals surface area (Å²) in [6.07, 6.45) is 3.40. The van der Waals surface area contributed by atoms with E-state index in [2.05, 4.69) is 9.62 Å². The van der Waals surface area contributed by atoms with Crippen LogP contribution in [0, 0.1) is 13.8 Å². The minimum absolute atomic E-state index is 0.0109. The van der Waals surface area contributed by atoms with Crippen LogP contribution in [-0.2, 0) is 10.0 Å². The van der Waals surface area contributed by atoms with E-state index in [9.17, 15) is 8.42 Å². The zero-order valence-corrected chi connectivity index (χ0v) is 13.4. The number of hydrogen-bond acceptors (Lipinski definition) is 4. The van der Waals surface area contributed by atoms with Crippen molar-refractivity contribution >= 4 is 15.7 Å². The number of hydrogen-bond donors (Lipinski definition) is 2. The summed E-state index contributed by atoms with van der Waals surface area (Å²) in [7, 11) is -3.50. The van der Waals surface area contributed by atoms with Crippen LogP contribution in [0.1, 0.15) is 30.4 Å². The number of aryl methyl sites for hydroxylation is 1. The quantitative estimate of drug-likeness (QED) is 0.824. The van der Waals surface area contributed by atoms with Crippen molar-refractivity contribution in [2.75, 3.05) is 18.8 Å². The van der Waals surface area contributed by atoms with Gasteiger partial charge in [0.1, 0.15) is 0 Å². The molecule has 2 aliphatic rings. The van der Waals surface area contributed by atoms with E-state index in [4.69, 9.17) is 5.73 Å². The predicted molar refractivity (Wildman–Crippen MR) is 83.6 cm³/mol. The molecule has 1 saturated heterocycles. The third-order valence-electron chi connectivity index (χ3n) is 4.44. The van der Waals surface area contributed by atoms with E-state index in [-0.39, 0.29) is 6.04 Å². The first kappa shape index (κ1) is 14.8. The monoisotopic (exact) mass is 309 g/mol. The fraction of sp³-hybridized carbons (Fsp3) is 0.600.